The Morgan fingerprint density at radius 3 is 3.00 bits per heavy atom. The van der Waals surface area contributed by atoms with Crippen LogP contribution in [0.2, 0.25) is 0 Å². The second-order valence-electron chi connectivity index (χ2n) is 5.84. The van der Waals surface area contributed by atoms with Crippen molar-refractivity contribution >= 4 is 27.7 Å². The standard InChI is InChI=1S/C16H24BrN3O/c1-4-7-18-15-14(9-13(17)10-19-15)16(21)20-8-5-6-11(2)12(20)3/h9-12H,4-8H2,1-3H3,(H,18,19). The summed E-state index contributed by atoms with van der Waals surface area (Å²) in [7, 11) is 0. The van der Waals surface area contributed by atoms with Gasteiger partial charge in [-0.3, -0.25) is 4.79 Å². The van der Waals surface area contributed by atoms with Crippen LogP contribution < -0.4 is 5.32 Å². The second-order valence-corrected chi connectivity index (χ2v) is 6.75. The van der Waals surface area contributed by atoms with E-state index >= 15 is 0 Å². The molecule has 1 aromatic heterocycles. The molecule has 0 radical (unpaired) electrons. The van der Waals surface area contributed by atoms with Crippen LogP contribution in [0.25, 0.3) is 0 Å². The van der Waals surface area contributed by atoms with Crippen LogP contribution in [0.4, 0.5) is 5.82 Å². The minimum atomic E-state index is 0.0847. The number of anilines is 1. The highest BCUT2D eigenvalue weighted by atomic mass is 79.9. The van der Waals surface area contributed by atoms with Crippen molar-refractivity contribution < 1.29 is 4.79 Å². The molecule has 116 valence electrons. The lowest BCUT2D eigenvalue weighted by atomic mass is 9.91. The number of aromatic nitrogens is 1. The van der Waals surface area contributed by atoms with Gasteiger partial charge >= 0.3 is 0 Å². The van der Waals surface area contributed by atoms with Gasteiger partial charge in [-0.25, -0.2) is 4.98 Å². The van der Waals surface area contributed by atoms with E-state index in [1.807, 2.05) is 11.0 Å². The molecule has 1 aliphatic rings. The van der Waals surface area contributed by atoms with Crippen molar-refractivity contribution in [3.05, 3.63) is 22.3 Å². The lowest BCUT2D eigenvalue weighted by Gasteiger charge is -2.38. The summed E-state index contributed by atoms with van der Waals surface area (Å²) < 4.78 is 0.839. The van der Waals surface area contributed by atoms with Crippen molar-refractivity contribution in [2.24, 2.45) is 5.92 Å². The fraction of sp³-hybridized carbons (Fsp3) is 0.625. The van der Waals surface area contributed by atoms with E-state index in [1.165, 1.54) is 6.42 Å². The molecule has 1 N–H and O–H groups in total. The van der Waals surface area contributed by atoms with Gasteiger partial charge < -0.3 is 10.2 Å². The van der Waals surface area contributed by atoms with Crippen LogP contribution in [0.1, 0.15) is 50.4 Å². The normalized spacial score (nSPS) is 22.2. The van der Waals surface area contributed by atoms with E-state index < -0.39 is 0 Å². The van der Waals surface area contributed by atoms with Gasteiger partial charge in [0.15, 0.2) is 0 Å². The Morgan fingerprint density at radius 2 is 2.29 bits per heavy atom. The van der Waals surface area contributed by atoms with Gasteiger partial charge in [-0.1, -0.05) is 13.8 Å². The predicted molar refractivity (Wildman–Crippen MR) is 89.6 cm³/mol. The number of piperidine rings is 1. The monoisotopic (exact) mass is 353 g/mol. The molecule has 2 unspecified atom stereocenters. The maximum Gasteiger partial charge on any atom is 0.257 e. The second kappa shape index (κ2) is 7.25. The van der Waals surface area contributed by atoms with Crippen molar-refractivity contribution in [1.82, 2.24) is 9.88 Å². The number of amides is 1. The Bertz CT molecular complexity index is 506. The molecule has 1 fully saturated rings. The van der Waals surface area contributed by atoms with Gasteiger partial charge in [0.05, 0.1) is 5.56 Å². The molecule has 0 saturated carbocycles. The molecule has 1 saturated heterocycles. The molecule has 1 aromatic rings. The summed E-state index contributed by atoms with van der Waals surface area (Å²) in [5.41, 5.74) is 0.666. The van der Waals surface area contributed by atoms with Crippen molar-refractivity contribution in [3.8, 4) is 0 Å². The fourth-order valence-electron chi connectivity index (χ4n) is 2.76. The number of likely N-dealkylation sites (tertiary alicyclic amines) is 1. The number of rotatable bonds is 4. The number of pyridine rings is 1. The average molecular weight is 354 g/mol. The summed E-state index contributed by atoms with van der Waals surface area (Å²) in [4.78, 5) is 19.3. The quantitative estimate of drug-likeness (QED) is 0.891. The molecule has 5 heteroatoms. The van der Waals surface area contributed by atoms with Gasteiger partial charge in [-0.15, -0.1) is 0 Å². The van der Waals surface area contributed by atoms with Crippen LogP contribution >= 0.6 is 15.9 Å². The third-order valence-electron chi connectivity index (χ3n) is 4.26. The largest absolute Gasteiger partial charge is 0.369 e. The smallest absolute Gasteiger partial charge is 0.257 e. The molecule has 0 bridgehead atoms. The number of hydrogen-bond acceptors (Lipinski definition) is 3. The molecule has 2 rings (SSSR count). The third-order valence-corrected chi connectivity index (χ3v) is 4.70. The van der Waals surface area contributed by atoms with E-state index in [9.17, 15) is 4.79 Å². The fourth-order valence-corrected chi connectivity index (χ4v) is 3.09. The highest BCUT2D eigenvalue weighted by Gasteiger charge is 2.30. The van der Waals surface area contributed by atoms with Crippen LogP contribution in [0.3, 0.4) is 0 Å². The highest BCUT2D eigenvalue weighted by molar-refractivity contribution is 9.10. The molecule has 1 amide bonds. The Kier molecular flexibility index (Phi) is 5.62. The van der Waals surface area contributed by atoms with Crippen LogP contribution in [-0.2, 0) is 0 Å². The first kappa shape index (κ1) is 16.3. The van der Waals surface area contributed by atoms with Gasteiger partial charge in [0.25, 0.3) is 5.91 Å². The van der Waals surface area contributed by atoms with E-state index in [0.717, 1.165) is 30.4 Å². The number of carbonyl (C=O) groups excluding carboxylic acids is 1. The van der Waals surface area contributed by atoms with Crippen LogP contribution in [0.15, 0.2) is 16.7 Å². The SMILES string of the molecule is CCCNc1ncc(Br)cc1C(=O)N1CCCC(C)C1C. The van der Waals surface area contributed by atoms with Crippen LogP contribution in [0.5, 0.6) is 0 Å². The molecule has 2 atom stereocenters. The molecule has 0 aliphatic carbocycles. The Morgan fingerprint density at radius 1 is 1.52 bits per heavy atom. The van der Waals surface area contributed by atoms with E-state index in [0.29, 0.717) is 17.3 Å². The zero-order valence-corrected chi connectivity index (χ0v) is 14.6. The number of hydrogen-bond donors (Lipinski definition) is 1. The average Bonchev–Trinajstić information content (AvgIpc) is 2.48. The van der Waals surface area contributed by atoms with E-state index in [2.05, 4.69) is 47.0 Å². The zero-order valence-electron chi connectivity index (χ0n) is 13.0. The van der Waals surface area contributed by atoms with Crippen molar-refractivity contribution in [2.75, 3.05) is 18.4 Å². The van der Waals surface area contributed by atoms with Crippen LogP contribution in [-0.4, -0.2) is 34.9 Å². The first-order chi connectivity index (χ1) is 10.0. The van der Waals surface area contributed by atoms with E-state index in [4.69, 9.17) is 0 Å². The summed E-state index contributed by atoms with van der Waals surface area (Å²) in [6, 6.07) is 2.16. The number of halogens is 1. The lowest BCUT2D eigenvalue weighted by Crippen LogP contribution is -2.46. The van der Waals surface area contributed by atoms with E-state index in [1.54, 1.807) is 6.20 Å². The summed E-state index contributed by atoms with van der Waals surface area (Å²) in [5, 5.41) is 3.26. The van der Waals surface area contributed by atoms with Crippen molar-refractivity contribution in [3.63, 3.8) is 0 Å². The minimum absolute atomic E-state index is 0.0847. The maximum atomic E-state index is 12.9. The molecule has 2 heterocycles. The topological polar surface area (TPSA) is 45.2 Å². The predicted octanol–water partition coefficient (Wildman–Crippen LogP) is 3.93. The molecule has 21 heavy (non-hydrogen) atoms. The molecule has 1 aliphatic heterocycles. The van der Waals surface area contributed by atoms with Crippen molar-refractivity contribution in [1.29, 1.82) is 0 Å². The molecule has 0 aromatic carbocycles. The highest BCUT2D eigenvalue weighted by Crippen LogP contribution is 2.27. The first-order valence-corrected chi connectivity index (χ1v) is 8.54. The maximum absolute atomic E-state index is 12.9. The van der Waals surface area contributed by atoms with Gasteiger partial charge in [-0.2, -0.15) is 0 Å². The summed E-state index contributed by atoms with van der Waals surface area (Å²) in [6.07, 6.45) is 5.01. The summed E-state index contributed by atoms with van der Waals surface area (Å²) in [6.45, 7) is 8.12. The molecular formula is C16H24BrN3O. The summed E-state index contributed by atoms with van der Waals surface area (Å²) in [5.74, 6) is 1.33. The Balaban J connectivity index is 2.26. The molecule has 0 spiro atoms. The Hall–Kier alpha value is -1.10. The minimum Gasteiger partial charge on any atom is -0.369 e. The third kappa shape index (κ3) is 3.76. The number of carbonyl (C=O) groups is 1. The molecular weight excluding hydrogens is 330 g/mol. The van der Waals surface area contributed by atoms with Gasteiger partial charge in [-0.05, 0) is 54.1 Å². The van der Waals surface area contributed by atoms with Gasteiger partial charge in [0.1, 0.15) is 5.82 Å². The van der Waals surface area contributed by atoms with E-state index in [-0.39, 0.29) is 11.9 Å². The molecule has 4 nitrogen and oxygen atoms in total. The number of nitrogens with zero attached hydrogens (tertiary/aromatic N) is 2. The van der Waals surface area contributed by atoms with Gasteiger partial charge in [0.2, 0.25) is 0 Å². The van der Waals surface area contributed by atoms with Gasteiger partial charge in [0, 0.05) is 29.8 Å². The Labute approximate surface area is 135 Å². The summed E-state index contributed by atoms with van der Waals surface area (Å²) >= 11 is 3.42. The van der Waals surface area contributed by atoms with Crippen molar-refractivity contribution in [2.45, 2.75) is 46.1 Å². The first-order valence-electron chi connectivity index (χ1n) is 7.75. The lowest BCUT2D eigenvalue weighted by molar-refractivity contribution is 0.0551. The number of nitrogens with one attached hydrogen (secondary N) is 1. The zero-order chi connectivity index (χ0) is 15.4. The van der Waals surface area contributed by atoms with Crippen LogP contribution in [0, 0.1) is 5.92 Å².